The molecule has 0 saturated heterocycles. The lowest BCUT2D eigenvalue weighted by atomic mass is 9.98. The standard InChI is InChI=1S/C17H21N5O3S2/c1-3-22-14-7-6-12(27(19,24)25)8-13(14)20-16(22)26-9-15(23)21-17(2,10-18)11-4-5-11/h6-8,11H,3-5,9H2,1-2H3,(H,21,23)(H2,19,24,25). The molecule has 0 radical (unpaired) electrons. The molecule has 1 aliphatic carbocycles. The predicted octanol–water partition coefficient (Wildman–Crippen LogP) is 1.60. The summed E-state index contributed by atoms with van der Waals surface area (Å²) in [7, 11) is -3.81. The van der Waals surface area contributed by atoms with Crippen LogP contribution in [0.3, 0.4) is 0 Å². The Hall–Kier alpha value is -2.09. The van der Waals surface area contributed by atoms with Gasteiger partial charge in [-0.1, -0.05) is 11.8 Å². The number of nitrogens with one attached hydrogen (secondary N) is 1. The van der Waals surface area contributed by atoms with E-state index in [9.17, 15) is 18.5 Å². The molecule has 2 aromatic rings. The number of rotatable bonds is 7. The summed E-state index contributed by atoms with van der Waals surface area (Å²) in [6, 6.07) is 6.74. The average Bonchev–Trinajstić information content (AvgIpc) is 3.40. The van der Waals surface area contributed by atoms with E-state index in [2.05, 4.69) is 16.4 Å². The van der Waals surface area contributed by atoms with E-state index in [1.807, 2.05) is 11.5 Å². The third-order valence-electron chi connectivity index (χ3n) is 4.69. The van der Waals surface area contributed by atoms with E-state index in [1.165, 1.54) is 23.9 Å². The number of hydrogen-bond acceptors (Lipinski definition) is 6. The summed E-state index contributed by atoms with van der Waals surface area (Å²) in [5.74, 6) is 0.110. The first-order valence-electron chi connectivity index (χ1n) is 8.56. The average molecular weight is 408 g/mol. The lowest BCUT2D eigenvalue weighted by molar-refractivity contribution is -0.119. The molecule has 3 N–H and O–H groups in total. The second-order valence-electron chi connectivity index (χ2n) is 6.76. The fraction of sp³-hybridized carbons (Fsp3) is 0.471. The summed E-state index contributed by atoms with van der Waals surface area (Å²) in [4.78, 5) is 16.8. The highest BCUT2D eigenvalue weighted by Crippen LogP contribution is 2.39. The van der Waals surface area contributed by atoms with Gasteiger partial charge < -0.3 is 9.88 Å². The van der Waals surface area contributed by atoms with Crippen LogP contribution < -0.4 is 10.5 Å². The Morgan fingerprint density at radius 3 is 2.78 bits per heavy atom. The minimum absolute atomic E-state index is 0.000679. The topological polar surface area (TPSA) is 131 Å². The Morgan fingerprint density at radius 1 is 1.52 bits per heavy atom. The maximum atomic E-state index is 12.3. The van der Waals surface area contributed by atoms with Crippen LogP contribution in [0, 0.1) is 17.2 Å². The number of carbonyl (C=O) groups is 1. The van der Waals surface area contributed by atoms with Crippen molar-refractivity contribution >= 4 is 38.7 Å². The first-order valence-corrected chi connectivity index (χ1v) is 11.1. The van der Waals surface area contributed by atoms with Gasteiger partial charge in [-0.05, 0) is 50.8 Å². The Morgan fingerprint density at radius 2 is 2.22 bits per heavy atom. The highest BCUT2D eigenvalue weighted by atomic mass is 32.2. The zero-order chi connectivity index (χ0) is 19.8. The number of nitrogens with zero attached hydrogens (tertiary/aromatic N) is 3. The van der Waals surface area contributed by atoms with Crippen molar-refractivity contribution in [2.45, 2.75) is 48.8 Å². The Labute approximate surface area is 162 Å². The number of nitriles is 1. The molecule has 1 unspecified atom stereocenters. The van der Waals surface area contributed by atoms with Crippen LogP contribution in [-0.2, 0) is 21.4 Å². The number of thioether (sulfide) groups is 1. The number of imidazole rings is 1. The molecule has 0 bridgehead atoms. The van der Waals surface area contributed by atoms with Crippen molar-refractivity contribution in [3.8, 4) is 6.07 Å². The molecule has 8 nitrogen and oxygen atoms in total. The summed E-state index contributed by atoms with van der Waals surface area (Å²) in [5.41, 5.74) is 0.450. The molecule has 1 aliphatic rings. The quantitative estimate of drug-likeness (QED) is 0.670. The van der Waals surface area contributed by atoms with E-state index in [0.717, 1.165) is 18.4 Å². The van der Waals surface area contributed by atoms with Crippen LogP contribution in [-0.4, -0.2) is 35.2 Å². The molecule has 1 amide bonds. The second kappa shape index (κ2) is 7.14. The molecule has 10 heteroatoms. The van der Waals surface area contributed by atoms with E-state index in [4.69, 9.17) is 5.14 Å². The van der Waals surface area contributed by atoms with Gasteiger partial charge in [-0.25, -0.2) is 18.5 Å². The first kappa shape index (κ1) is 19.7. The van der Waals surface area contributed by atoms with Gasteiger partial charge in [0.2, 0.25) is 15.9 Å². The van der Waals surface area contributed by atoms with E-state index in [-0.39, 0.29) is 22.5 Å². The van der Waals surface area contributed by atoms with Crippen LogP contribution in [0.4, 0.5) is 0 Å². The van der Waals surface area contributed by atoms with Gasteiger partial charge >= 0.3 is 0 Å². The largest absolute Gasteiger partial charge is 0.337 e. The van der Waals surface area contributed by atoms with Crippen LogP contribution in [0.1, 0.15) is 26.7 Å². The Kier molecular flexibility index (Phi) is 5.20. The van der Waals surface area contributed by atoms with Crippen molar-refractivity contribution in [2.75, 3.05) is 5.75 Å². The molecular formula is C17H21N5O3S2. The fourth-order valence-corrected chi connectivity index (χ4v) is 4.43. The number of benzene rings is 1. The number of carbonyl (C=O) groups excluding carboxylic acids is 1. The van der Waals surface area contributed by atoms with Gasteiger partial charge in [0, 0.05) is 6.54 Å². The van der Waals surface area contributed by atoms with Gasteiger partial charge in [-0.2, -0.15) is 5.26 Å². The van der Waals surface area contributed by atoms with Gasteiger partial charge in [0.15, 0.2) is 5.16 Å². The van der Waals surface area contributed by atoms with Crippen molar-refractivity contribution in [1.29, 1.82) is 5.26 Å². The molecule has 1 aromatic heterocycles. The second-order valence-corrected chi connectivity index (χ2v) is 9.26. The summed E-state index contributed by atoms with van der Waals surface area (Å²) in [6.45, 7) is 4.31. The van der Waals surface area contributed by atoms with Gasteiger partial charge in [0.25, 0.3) is 0 Å². The number of hydrogen-bond donors (Lipinski definition) is 2. The molecule has 1 aromatic carbocycles. The zero-order valence-corrected chi connectivity index (χ0v) is 16.7. The molecule has 1 heterocycles. The van der Waals surface area contributed by atoms with Gasteiger partial charge in [0.05, 0.1) is 27.8 Å². The van der Waals surface area contributed by atoms with Crippen LogP contribution in [0.15, 0.2) is 28.3 Å². The van der Waals surface area contributed by atoms with Crippen molar-refractivity contribution in [1.82, 2.24) is 14.9 Å². The Bertz CT molecular complexity index is 1040. The number of sulfonamides is 1. The molecule has 27 heavy (non-hydrogen) atoms. The van der Waals surface area contributed by atoms with E-state index in [0.29, 0.717) is 17.2 Å². The molecule has 0 aliphatic heterocycles. The summed E-state index contributed by atoms with van der Waals surface area (Å²) in [6.07, 6.45) is 1.91. The summed E-state index contributed by atoms with van der Waals surface area (Å²) < 4.78 is 25.0. The molecule has 144 valence electrons. The van der Waals surface area contributed by atoms with Crippen LogP contribution in [0.5, 0.6) is 0 Å². The third-order valence-corrected chi connectivity index (χ3v) is 6.57. The number of fused-ring (bicyclic) bond motifs is 1. The monoisotopic (exact) mass is 407 g/mol. The number of primary sulfonamides is 1. The highest BCUT2D eigenvalue weighted by molar-refractivity contribution is 7.99. The lowest BCUT2D eigenvalue weighted by Gasteiger charge is -2.22. The highest BCUT2D eigenvalue weighted by Gasteiger charge is 2.42. The van der Waals surface area contributed by atoms with Gasteiger partial charge in [-0.15, -0.1) is 0 Å². The number of aryl methyl sites for hydroxylation is 1. The van der Waals surface area contributed by atoms with E-state index in [1.54, 1.807) is 13.0 Å². The zero-order valence-electron chi connectivity index (χ0n) is 15.1. The summed E-state index contributed by atoms with van der Waals surface area (Å²) >= 11 is 1.25. The lowest BCUT2D eigenvalue weighted by Crippen LogP contribution is -2.47. The molecule has 1 saturated carbocycles. The number of nitrogens with two attached hydrogens (primary N) is 1. The minimum atomic E-state index is -3.81. The third kappa shape index (κ3) is 4.10. The predicted molar refractivity (Wildman–Crippen MR) is 102 cm³/mol. The maximum absolute atomic E-state index is 12.3. The van der Waals surface area contributed by atoms with Crippen LogP contribution in [0.25, 0.3) is 11.0 Å². The van der Waals surface area contributed by atoms with E-state index < -0.39 is 15.6 Å². The number of amides is 1. The van der Waals surface area contributed by atoms with Gasteiger partial charge in [-0.3, -0.25) is 4.79 Å². The van der Waals surface area contributed by atoms with Crippen molar-refractivity contribution in [2.24, 2.45) is 11.1 Å². The van der Waals surface area contributed by atoms with Crippen molar-refractivity contribution < 1.29 is 13.2 Å². The van der Waals surface area contributed by atoms with Gasteiger partial charge in [0.1, 0.15) is 5.54 Å². The fourth-order valence-electron chi connectivity index (χ4n) is 3.02. The molecule has 0 spiro atoms. The van der Waals surface area contributed by atoms with Crippen LogP contribution >= 0.6 is 11.8 Å². The van der Waals surface area contributed by atoms with Crippen LogP contribution in [0.2, 0.25) is 0 Å². The summed E-state index contributed by atoms with van der Waals surface area (Å²) in [5, 5.41) is 18.0. The van der Waals surface area contributed by atoms with Crippen molar-refractivity contribution in [3.63, 3.8) is 0 Å². The molecular weight excluding hydrogens is 386 g/mol. The number of aromatic nitrogens is 2. The first-order chi connectivity index (χ1) is 12.7. The molecule has 3 rings (SSSR count). The normalized spacial score (nSPS) is 16.7. The molecule has 1 fully saturated rings. The van der Waals surface area contributed by atoms with E-state index >= 15 is 0 Å². The minimum Gasteiger partial charge on any atom is -0.337 e. The molecule has 1 atom stereocenters. The Balaban J connectivity index is 1.78. The smallest absolute Gasteiger partial charge is 0.238 e. The van der Waals surface area contributed by atoms with Crippen molar-refractivity contribution in [3.05, 3.63) is 18.2 Å². The SMILES string of the molecule is CCn1c(SCC(=O)NC(C)(C#N)C2CC2)nc2cc(S(N)(=O)=O)ccc21. The maximum Gasteiger partial charge on any atom is 0.238 e.